The number of aryl methyl sites for hydroxylation is 1. The maximum absolute atomic E-state index is 12.1. The van der Waals surface area contributed by atoms with E-state index in [1.807, 2.05) is 43.3 Å². The van der Waals surface area contributed by atoms with Crippen LogP contribution >= 0.6 is 0 Å². The van der Waals surface area contributed by atoms with Crippen LogP contribution in [0.5, 0.6) is 0 Å². The Morgan fingerprint density at radius 3 is 2.50 bits per heavy atom. The number of hydrogen-bond donors (Lipinski definition) is 0. The predicted molar refractivity (Wildman–Crippen MR) is 71.4 cm³/mol. The summed E-state index contributed by atoms with van der Waals surface area (Å²) in [6.45, 7) is 2.24. The van der Waals surface area contributed by atoms with E-state index in [9.17, 15) is 8.42 Å². The molecule has 0 radical (unpaired) electrons. The normalized spacial score (nSPS) is 11.4. The third-order valence-corrected chi connectivity index (χ3v) is 4.42. The van der Waals surface area contributed by atoms with Crippen molar-refractivity contribution in [1.29, 1.82) is 5.26 Å². The van der Waals surface area contributed by atoms with E-state index in [4.69, 9.17) is 5.26 Å². The van der Waals surface area contributed by atoms with Crippen LogP contribution in [-0.2, 0) is 16.4 Å². The first-order chi connectivity index (χ1) is 8.60. The van der Waals surface area contributed by atoms with Gasteiger partial charge < -0.3 is 0 Å². The maximum atomic E-state index is 12.1. The molecule has 0 unspecified atom stereocenters. The highest BCUT2D eigenvalue weighted by Crippen LogP contribution is 2.07. The van der Waals surface area contributed by atoms with Gasteiger partial charge in [-0.25, -0.2) is 8.42 Å². The first-order valence-corrected chi connectivity index (χ1v) is 7.59. The summed E-state index contributed by atoms with van der Waals surface area (Å²) in [4.78, 5) is 0. The molecule has 0 aromatic heterocycles. The standard InChI is InChI=1S/C13H18N2O2S/c1-2-10-15(11-9-14)18(16,17)12-8-13-6-4-3-5-7-13/h3-7H,2,8,10-12H2,1H3. The monoisotopic (exact) mass is 266 g/mol. The van der Waals surface area contributed by atoms with E-state index in [1.165, 1.54) is 4.31 Å². The lowest BCUT2D eigenvalue weighted by Crippen LogP contribution is -2.34. The molecule has 0 aliphatic heterocycles. The zero-order valence-electron chi connectivity index (χ0n) is 10.5. The maximum Gasteiger partial charge on any atom is 0.215 e. The molecule has 4 nitrogen and oxygen atoms in total. The molecule has 18 heavy (non-hydrogen) atoms. The van der Waals surface area contributed by atoms with E-state index < -0.39 is 10.0 Å². The molecule has 0 saturated heterocycles. The van der Waals surface area contributed by atoms with Crippen LogP contribution in [0.2, 0.25) is 0 Å². The van der Waals surface area contributed by atoms with E-state index in [-0.39, 0.29) is 12.3 Å². The molecule has 0 amide bonds. The number of rotatable bonds is 7. The quantitative estimate of drug-likeness (QED) is 0.707. The SMILES string of the molecule is CCCN(CC#N)S(=O)(=O)CCc1ccccc1. The van der Waals surface area contributed by atoms with Crippen LogP contribution < -0.4 is 0 Å². The molecular weight excluding hydrogens is 248 g/mol. The van der Waals surface area contributed by atoms with Gasteiger partial charge in [0.15, 0.2) is 0 Å². The van der Waals surface area contributed by atoms with Crippen LogP contribution in [0.15, 0.2) is 30.3 Å². The zero-order valence-corrected chi connectivity index (χ0v) is 11.4. The Morgan fingerprint density at radius 1 is 1.28 bits per heavy atom. The highest BCUT2D eigenvalue weighted by molar-refractivity contribution is 7.89. The fraction of sp³-hybridized carbons (Fsp3) is 0.462. The molecule has 1 rings (SSSR count). The van der Waals surface area contributed by atoms with Gasteiger partial charge in [-0.2, -0.15) is 9.57 Å². The van der Waals surface area contributed by atoms with E-state index in [2.05, 4.69) is 0 Å². The minimum atomic E-state index is -3.33. The number of sulfonamides is 1. The fourth-order valence-electron chi connectivity index (χ4n) is 1.67. The van der Waals surface area contributed by atoms with Gasteiger partial charge in [0.05, 0.1) is 11.8 Å². The lowest BCUT2D eigenvalue weighted by Gasteiger charge is -2.18. The van der Waals surface area contributed by atoms with Gasteiger partial charge in [0.1, 0.15) is 6.54 Å². The van der Waals surface area contributed by atoms with E-state index in [1.54, 1.807) is 0 Å². The van der Waals surface area contributed by atoms with Crippen LogP contribution in [-0.4, -0.2) is 31.6 Å². The Kier molecular flexibility index (Phi) is 5.83. The summed E-state index contributed by atoms with van der Waals surface area (Å²) in [5.41, 5.74) is 0.995. The Hall–Kier alpha value is -1.38. The second-order valence-electron chi connectivity index (χ2n) is 4.04. The minimum absolute atomic E-state index is 0.0543. The van der Waals surface area contributed by atoms with Crippen LogP contribution in [0.3, 0.4) is 0 Å². The van der Waals surface area contributed by atoms with Crippen molar-refractivity contribution >= 4 is 10.0 Å². The molecule has 0 aliphatic carbocycles. The van der Waals surface area contributed by atoms with Crippen molar-refractivity contribution in [2.24, 2.45) is 0 Å². The van der Waals surface area contributed by atoms with Gasteiger partial charge in [0.2, 0.25) is 10.0 Å². The smallest absolute Gasteiger partial charge is 0.212 e. The van der Waals surface area contributed by atoms with Crippen molar-refractivity contribution in [3.63, 3.8) is 0 Å². The number of nitrogens with zero attached hydrogens (tertiary/aromatic N) is 2. The molecule has 1 aromatic carbocycles. The van der Waals surface area contributed by atoms with Crippen molar-refractivity contribution in [3.8, 4) is 6.07 Å². The summed E-state index contributed by atoms with van der Waals surface area (Å²) in [7, 11) is -3.33. The van der Waals surface area contributed by atoms with Crippen LogP contribution in [0.25, 0.3) is 0 Å². The number of benzene rings is 1. The highest BCUT2D eigenvalue weighted by atomic mass is 32.2. The van der Waals surface area contributed by atoms with Crippen molar-refractivity contribution in [1.82, 2.24) is 4.31 Å². The van der Waals surface area contributed by atoms with Gasteiger partial charge in [-0.05, 0) is 18.4 Å². The molecule has 0 atom stereocenters. The van der Waals surface area contributed by atoms with Gasteiger partial charge in [-0.1, -0.05) is 37.3 Å². The molecular formula is C13H18N2O2S. The summed E-state index contributed by atoms with van der Waals surface area (Å²) in [6.07, 6.45) is 1.20. The van der Waals surface area contributed by atoms with E-state index >= 15 is 0 Å². The lowest BCUT2D eigenvalue weighted by atomic mass is 10.2. The zero-order chi connectivity index (χ0) is 13.4. The second kappa shape index (κ2) is 7.14. The molecule has 0 bridgehead atoms. The fourth-order valence-corrected chi connectivity index (χ4v) is 3.13. The molecule has 0 fully saturated rings. The number of nitriles is 1. The molecule has 0 aliphatic rings. The van der Waals surface area contributed by atoms with Gasteiger partial charge in [0.25, 0.3) is 0 Å². The van der Waals surface area contributed by atoms with Crippen molar-refractivity contribution < 1.29 is 8.42 Å². The Labute approximate surface area is 109 Å². The summed E-state index contributed by atoms with van der Waals surface area (Å²) in [5.74, 6) is 0.0543. The van der Waals surface area contributed by atoms with Crippen molar-refractivity contribution in [2.75, 3.05) is 18.8 Å². The summed E-state index contributed by atoms with van der Waals surface area (Å²) < 4.78 is 25.4. The van der Waals surface area contributed by atoms with E-state index in [0.717, 1.165) is 5.56 Å². The van der Waals surface area contributed by atoms with Crippen molar-refractivity contribution in [2.45, 2.75) is 19.8 Å². The summed E-state index contributed by atoms with van der Waals surface area (Å²) in [5, 5.41) is 8.66. The van der Waals surface area contributed by atoms with E-state index in [0.29, 0.717) is 19.4 Å². The molecule has 1 aromatic rings. The average Bonchev–Trinajstić information content (AvgIpc) is 2.37. The summed E-state index contributed by atoms with van der Waals surface area (Å²) >= 11 is 0. The topological polar surface area (TPSA) is 61.2 Å². The van der Waals surface area contributed by atoms with Gasteiger partial charge in [0, 0.05) is 6.54 Å². The predicted octanol–water partition coefficient (Wildman–Crippen LogP) is 1.79. The average molecular weight is 266 g/mol. The summed E-state index contributed by atoms with van der Waals surface area (Å²) in [6, 6.07) is 11.4. The molecule has 0 heterocycles. The Morgan fingerprint density at radius 2 is 1.94 bits per heavy atom. The third kappa shape index (κ3) is 4.47. The lowest BCUT2D eigenvalue weighted by molar-refractivity contribution is 0.444. The van der Waals surface area contributed by atoms with Gasteiger partial charge in [-0.15, -0.1) is 0 Å². The minimum Gasteiger partial charge on any atom is -0.212 e. The Bertz CT molecular complexity index is 491. The highest BCUT2D eigenvalue weighted by Gasteiger charge is 2.20. The molecule has 5 heteroatoms. The van der Waals surface area contributed by atoms with Crippen LogP contribution in [0.4, 0.5) is 0 Å². The first kappa shape index (κ1) is 14.7. The van der Waals surface area contributed by atoms with Gasteiger partial charge >= 0.3 is 0 Å². The number of hydrogen-bond acceptors (Lipinski definition) is 3. The first-order valence-electron chi connectivity index (χ1n) is 5.99. The Balaban J connectivity index is 2.66. The molecule has 0 saturated carbocycles. The molecule has 98 valence electrons. The third-order valence-electron chi connectivity index (χ3n) is 2.60. The van der Waals surface area contributed by atoms with Gasteiger partial charge in [-0.3, -0.25) is 0 Å². The molecule has 0 N–H and O–H groups in total. The van der Waals surface area contributed by atoms with Crippen molar-refractivity contribution in [3.05, 3.63) is 35.9 Å². The second-order valence-corrected chi connectivity index (χ2v) is 6.13. The molecule has 0 spiro atoms. The largest absolute Gasteiger partial charge is 0.215 e. The van der Waals surface area contributed by atoms with Crippen LogP contribution in [0.1, 0.15) is 18.9 Å². The van der Waals surface area contributed by atoms with Crippen LogP contribution in [0, 0.1) is 11.3 Å².